The van der Waals surface area contributed by atoms with Crippen LogP contribution in [0.4, 0.5) is 0 Å². The number of methoxy groups -OCH3 is 1. The second kappa shape index (κ2) is 6.37. The van der Waals surface area contributed by atoms with E-state index in [4.69, 9.17) is 10.5 Å². The summed E-state index contributed by atoms with van der Waals surface area (Å²) in [6.45, 7) is 0.526. The van der Waals surface area contributed by atoms with Gasteiger partial charge in [0.2, 0.25) is 0 Å². The lowest BCUT2D eigenvalue weighted by Gasteiger charge is -2.09. The number of thiophene rings is 1. The van der Waals surface area contributed by atoms with Crippen LogP contribution in [0.5, 0.6) is 0 Å². The van der Waals surface area contributed by atoms with Crippen molar-refractivity contribution in [1.82, 2.24) is 0 Å². The van der Waals surface area contributed by atoms with Gasteiger partial charge in [0.25, 0.3) is 0 Å². The minimum Gasteiger partial charge on any atom is -0.385 e. The first kappa shape index (κ1) is 12.8. The molecule has 0 amide bonds. The standard InChI is InChI=1S/C10H14BrNO2S/c1-14-4-2-8(12)9(13)6-10-7(11)3-5-15-10/h3,5,8H,2,4,6,12H2,1H3. The Kier molecular flexibility index (Phi) is 5.45. The van der Waals surface area contributed by atoms with E-state index in [1.165, 1.54) is 0 Å². The van der Waals surface area contributed by atoms with Gasteiger partial charge >= 0.3 is 0 Å². The minimum atomic E-state index is -0.418. The number of hydrogen-bond acceptors (Lipinski definition) is 4. The van der Waals surface area contributed by atoms with Gasteiger partial charge in [0.1, 0.15) is 0 Å². The molecule has 2 N–H and O–H groups in total. The zero-order valence-electron chi connectivity index (χ0n) is 8.53. The molecule has 1 aromatic heterocycles. The maximum absolute atomic E-state index is 11.7. The summed E-state index contributed by atoms with van der Waals surface area (Å²) >= 11 is 4.95. The predicted octanol–water partition coefficient (Wildman–Crippen LogP) is 1.99. The van der Waals surface area contributed by atoms with Crippen LogP contribution >= 0.6 is 27.3 Å². The molecular weight excluding hydrogens is 278 g/mol. The number of rotatable bonds is 6. The zero-order valence-corrected chi connectivity index (χ0v) is 10.9. The number of Topliss-reactive ketones (excluding diaryl/α,β-unsaturated/α-hetero) is 1. The van der Waals surface area contributed by atoms with E-state index in [1.54, 1.807) is 18.4 Å². The Morgan fingerprint density at radius 2 is 2.47 bits per heavy atom. The van der Waals surface area contributed by atoms with Crippen molar-refractivity contribution in [1.29, 1.82) is 0 Å². The Labute approximate surface area is 102 Å². The molecule has 0 radical (unpaired) electrons. The van der Waals surface area contributed by atoms with E-state index >= 15 is 0 Å². The van der Waals surface area contributed by atoms with Gasteiger partial charge in [0.05, 0.1) is 6.04 Å². The largest absolute Gasteiger partial charge is 0.385 e. The number of ketones is 1. The van der Waals surface area contributed by atoms with Crippen LogP contribution in [0.2, 0.25) is 0 Å². The zero-order chi connectivity index (χ0) is 11.3. The molecule has 1 rings (SSSR count). The quantitative estimate of drug-likeness (QED) is 0.872. The summed E-state index contributed by atoms with van der Waals surface area (Å²) in [4.78, 5) is 12.7. The lowest BCUT2D eigenvalue weighted by atomic mass is 10.1. The van der Waals surface area contributed by atoms with Gasteiger partial charge in [-0.05, 0) is 33.8 Å². The average molecular weight is 292 g/mol. The van der Waals surface area contributed by atoms with Gasteiger partial charge in [-0.25, -0.2) is 0 Å². The van der Waals surface area contributed by atoms with Gasteiger partial charge in [-0.15, -0.1) is 11.3 Å². The maximum atomic E-state index is 11.7. The van der Waals surface area contributed by atoms with Crippen LogP contribution in [0.1, 0.15) is 11.3 Å². The van der Waals surface area contributed by atoms with Crippen LogP contribution < -0.4 is 5.73 Å². The second-order valence-corrected chi connectivity index (χ2v) is 5.08. The molecule has 0 fully saturated rings. The van der Waals surface area contributed by atoms with Crippen LogP contribution in [0.25, 0.3) is 0 Å². The molecule has 1 unspecified atom stereocenters. The van der Waals surface area contributed by atoms with E-state index in [1.807, 2.05) is 11.4 Å². The SMILES string of the molecule is COCCC(N)C(=O)Cc1sccc1Br. The fourth-order valence-corrected chi connectivity index (χ4v) is 2.65. The molecule has 0 aliphatic rings. The lowest BCUT2D eigenvalue weighted by molar-refractivity contribution is -0.120. The highest BCUT2D eigenvalue weighted by molar-refractivity contribution is 9.10. The lowest BCUT2D eigenvalue weighted by Crippen LogP contribution is -2.32. The molecule has 15 heavy (non-hydrogen) atoms. The summed E-state index contributed by atoms with van der Waals surface area (Å²) in [5.41, 5.74) is 5.73. The molecule has 84 valence electrons. The number of carbonyl (C=O) groups is 1. The van der Waals surface area contributed by atoms with Crippen LogP contribution in [-0.2, 0) is 16.0 Å². The van der Waals surface area contributed by atoms with E-state index in [0.717, 1.165) is 9.35 Å². The van der Waals surface area contributed by atoms with E-state index < -0.39 is 6.04 Å². The van der Waals surface area contributed by atoms with E-state index in [-0.39, 0.29) is 5.78 Å². The predicted molar refractivity (Wildman–Crippen MR) is 65.2 cm³/mol. The fourth-order valence-electron chi connectivity index (χ4n) is 1.15. The van der Waals surface area contributed by atoms with Crippen molar-refractivity contribution in [2.45, 2.75) is 18.9 Å². The second-order valence-electron chi connectivity index (χ2n) is 3.22. The summed E-state index contributed by atoms with van der Waals surface area (Å²) in [5.74, 6) is 0.0650. The molecule has 1 atom stereocenters. The third-order valence-corrected chi connectivity index (χ3v) is 4.00. The molecular formula is C10H14BrNO2S. The van der Waals surface area contributed by atoms with Crippen molar-refractivity contribution in [2.24, 2.45) is 5.73 Å². The van der Waals surface area contributed by atoms with Crippen molar-refractivity contribution >= 4 is 33.0 Å². The number of halogens is 1. The van der Waals surface area contributed by atoms with Crippen LogP contribution in [-0.4, -0.2) is 25.5 Å². The summed E-state index contributed by atoms with van der Waals surface area (Å²) in [5, 5.41) is 1.95. The Balaban J connectivity index is 2.45. The van der Waals surface area contributed by atoms with E-state index in [0.29, 0.717) is 19.4 Å². The molecule has 1 heterocycles. The molecule has 1 aromatic rings. The molecule has 5 heteroatoms. The third-order valence-electron chi connectivity index (χ3n) is 2.07. The topological polar surface area (TPSA) is 52.3 Å². The Morgan fingerprint density at radius 1 is 1.73 bits per heavy atom. The van der Waals surface area contributed by atoms with Crippen molar-refractivity contribution < 1.29 is 9.53 Å². The number of nitrogens with two attached hydrogens (primary N) is 1. The number of hydrogen-bond donors (Lipinski definition) is 1. The number of carbonyl (C=O) groups excluding carboxylic acids is 1. The maximum Gasteiger partial charge on any atom is 0.154 e. The van der Waals surface area contributed by atoms with Crippen LogP contribution in [0.15, 0.2) is 15.9 Å². The molecule has 0 aliphatic heterocycles. The number of ether oxygens (including phenoxy) is 1. The Bertz CT molecular complexity index is 327. The highest BCUT2D eigenvalue weighted by Crippen LogP contribution is 2.23. The molecule has 0 spiro atoms. The van der Waals surface area contributed by atoms with Gasteiger partial charge in [0, 0.05) is 29.5 Å². The van der Waals surface area contributed by atoms with Crippen molar-refractivity contribution in [3.05, 3.63) is 20.8 Å². The third kappa shape index (κ3) is 4.03. The Hall–Kier alpha value is -0.230. The summed E-state index contributed by atoms with van der Waals surface area (Å²) in [6, 6.07) is 1.52. The first-order valence-electron chi connectivity index (χ1n) is 4.64. The van der Waals surface area contributed by atoms with Gasteiger partial charge in [-0.1, -0.05) is 0 Å². The normalized spacial score (nSPS) is 12.7. The highest BCUT2D eigenvalue weighted by Gasteiger charge is 2.15. The van der Waals surface area contributed by atoms with Gasteiger partial charge in [0.15, 0.2) is 5.78 Å². The summed E-state index contributed by atoms with van der Waals surface area (Å²) in [7, 11) is 1.60. The first-order chi connectivity index (χ1) is 7.15. The molecule has 3 nitrogen and oxygen atoms in total. The first-order valence-corrected chi connectivity index (χ1v) is 6.31. The van der Waals surface area contributed by atoms with Crippen LogP contribution in [0, 0.1) is 0 Å². The monoisotopic (exact) mass is 291 g/mol. The van der Waals surface area contributed by atoms with Gasteiger partial charge in [-0.2, -0.15) is 0 Å². The molecule has 0 aromatic carbocycles. The average Bonchev–Trinajstić information content (AvgIpc) is 2.61. The fraction of sp³-hybridized carbons (Fsp3) is 0.500. The molecule has 0 aliphatic carbocycles. The van der Waals surface area contributed by atoms with Gasteiger partial charge < -0.3 is 10.5 Å². The molecule has 0 bridgehead atoms. The summed E-state index contributed by atoms with van der Waals surface area (Å²) < 4.78 is 5.87. The van der Waals surface area contributed by atoms with Crippen molar-refractivity contribution in [3.63, 3.8) is 0 Å². The Morgan fingerprint density at radius 3 is 3.00 bits per heavy atom. The molecule has 0 saturated carbocycles. The smallest absolute Gasteiger partial charge is 0.154 e. The van der Waals surface area contributed by atoms with Crippen molar-refractivity contribution in [2.75, 3.05) is 13.7 Å². The van der Waals surface area contributed by atoms with Crippen molar-refractivity contribution in [3.8, 4) is 0 Å². The van der Waals surface area contributed by atoms with E-state index in [2.05, 4.69) is 15.9 Å². The minimum absolute atomic E-state index is 0.0650. The highest BCUT2D eigenvalue weighted by atomic mass is 79.9. The van der Waals surface area contributed by atoms with Gasteiger partial charge in [-0.3, -0.25) is 4.79 Å². The molecule has 0 saturated heterocycles. The van der Waals surface area contributed by atoms with Crippen LogP contribution in [0.3, 0.4) is 0 Å². The summed E-state index contributed by atoms with van der Waals surface area (Å²) in [6.07, 6.45) is 0.988. The van der Waals surface area contributed by atoms with E-state index in [9.17, 15) is 4.79 Å².